The second-order valence-corrected chi connectivity index (χ2v) is 9.47. The molecule has 2 aromatic heterocycles. The molecule has 0 unspecified atom stereocenters. The van der Waals surface area contributed by atoms with Crippen molar-refractivity contribution in [2.24, 2.45) is 4.99 Å². The molecular formula is C24H24N2O3S2. The summed E-state index contributed by atoms with van der Waals surface area (Å²) in [4.78, 5) is 31.5. The van der Waals surface area contributed by atoms with Crippen molar-refractivity contribution in [3.8, 4) is 0 Å². The molecule has 3 heterocycles. The van der Waals surface area contributed by atoms with Crippen molar-refractivity contribution in [1.82, 2.24) is 4.57 Å². The molecule has 1 atom stereocenters. The minimum absolute atomic E-state index is 0.151. The first-order valence-electron chi connectivity index (χ1n) is 10.2. The molecule has 0 saturated heterocycles. The summed E-state index contributed by atoms with van der Waals surface area (Å²) in [5.74, 6) is -0.0442. The standard InChI is InChI=1S/C24H24N2O3S2/c1-5-29-23(28)20-15(4)25-24-26(21(20)18-8-6-17(7-9-18)14(2)3)22(27)19(31-24)12-16-10-11-30-13-16/h6-14,21H,5H2,1-4H3/b19-12+/t21-/m1/s1. The number of thiazole rings is 1. The fourth-order valence-electron chi connectivity index (χ4n) is 3.68. The summed E-state index contributed by atoms with van der Waals surface area (Å²) in [5, 5.41) is 3.97. The number of benzene rings is 1. The number of hydrogen-bond donors (Lipinski definition) is 0. The number of carbonyl (C=O) groups is 1. The first kappa shape index (κ1) is 21.5. The zero-order valence-electron chi connectivity index (χ0n) is 17.9. The number of ether oxygens (including phenoxy) is 1. The van der Waals surface area contributed by atoms with Gasteiger partial charge in [0.15, 0.2) is 4.80 Å². The van der Waals surface area contributed by atoms with Gasteiger partial charge in [0.05, 0.1) is 28.5 Å². The fourth-order valence-corrected chi connectivity index (χ4v) is 5.34. The van der Waals surface area contributed by atoms with Crippen LogP contribution in [0.25, 0.3) is 6.08 Å². The SMILES string of the molecule is CCOC(=O)C1=C(C)N=c2s/c(=C/c3ccsc3)c(=O)n2[C@@H]1c1ccc(C(C)C)cc1. The number of allylic oxidation sites excluding steroid dienone is 1. The molecule has 1 aliphatic heterocycles. The average molecular weight is 453 g/mol. The Morgan fingerprint density at radius 1 is 1.26 bits per heavy atom. The van der Waals surface area contributed by atoms with Gasteiger partial charge >= 0.3 is 5.97 Å². The largest absolute Gasteiger partial charge is 0.463 e. The van der Waals surface area contributed by atoms with Crippen molar-refractivity contribution < 1.29 is 9.53 Å². The molecule has 7 heteroatoms. The molecule has 0 N–H and O–H groups in total. The highest BCUT2D eigenvalue weighted by Gasteiger charge is 2.33. The second kappa shape index (κ2) is 8.77. The second-order valence-electron chi connectivity index (χ2n) is 7.68. The molecule has 160 valence electrons. The zero-order valence-corrected chi connectivity index (χ0v) is 19.5. The van der Waals surface area contributed by atoms with Gasteiger partial charge in [0, 0.05) is 0 Å². The molecule has 4 rings (SSSR count). The lowest BCUT2D eigenvalue weighted by molar-refractivity contribution is -0.139. The van der Waals surface area contributed by atoms with E-state index in [0.29, 0.717) is 26.5 Å². The number of aromatic nitrogens is 1. The number of thiophene rings is 1. The molecule has 1 aromatic carbocycles. The summed E-state index contributed by atoms with van der Waals surface area (Å²) in [7, 11) is 0. The van der Waals surface area contributed by atoms with Gasteiger partial charge in [0.1, 0.15) is 0 Å². The van der Waals surface area contributed by atoms with Gasteiger partial charge in [-0.2, -0.15) is 11.3 Å². The van der Waals surface area contributed by atoms with Crippen LogP contribution in [-0.4, -0.2) is 17.1 Å². The highest BCUT2D eigenvalue weighted by atomic mass is 32.1. The van der Waals surface area contributed by atoms with Crippen molar-refractivity contribution in [2.45, 2.75) is 39.7 Å². The molecule has 0 fully saturated rings. The summed E-state index contributed by atoms with van der Waals surface area (Å²) in [6, 6.07) is 9.50. The van der Waals surface area contributed by atoms with E-state index in [9.17, 15) is 9.59 Å². The van der Waals surface area contributed by atoms with E-state index in [-0.39, 0.29) is 12.2 Å². The smallest absolute Gasteiger partial charge is 0.338 e. The third-order valence-corrected chi connectivity index (χ3v) is 6.96. The third kappa shape index (κ3) is 4.07. The van der Waals surface area contributed by atoms with Gasteiger partial charge in [0.2, 0.25) is 0 Å². The number of rotatable bonds is 5. The predicted octanol–water partition coefficient (Wildman–Crippen LogP) is 3.98. The number of esters is 1. The summed E-state index contributed by atoms with van der Waals surface area (Å²) < 4.78 is 7.56. The Morgan fingerprint density at radius 3 is 2.61 bits per heavy atom. The molecule has 0 saturated carbocycles. The normalized spacial score (nSPS) is 16.4. The number of fused-ring (bicyclic) bond motifs is 1. The van der Waals surface area contributed by atoms with E-state index >= 15 is 0 Å². The minimum atomic E-state index is -0.568. The Morgan fingerprint density at radius 2 is 2.00 bits per heavy atom. The number of carbonyl (C=O) groups excluding carboxylic acids is 1. The minimum Gasteiger partial charge on any atom is -0.463 e. The van der Waals surface area contributed by atoms with Crippen molar-refractivity contribution >= 4 is 34.7 Å². The van der Waals surface area contributed by atoms with Crippen LogP contribution in [0, 0.1) is 0 Å². The maximum Gasteiger partial charge on any atom is 0.338 e. The molecule has 1 aliphatic rings. The Balaban J connectivity index is 1.94. The van der Waals surface area contributed by atoms with Crippen LogP contribution in [0.3, 0.4) is 0 Å². The van der Waals surface area contributed by atoms with Crippen LogP contribution in [-0.2, 0) is 9.53 Å². The fraction of sp³-hybridized carbons (Fsp3) is 0.292. The molecule has 0 spiro atoms. The first-order valence-corrected chi connectivity index (χ1v) is 12.0. The quantitative estimate of drug-likeness (QED) is 0.550. The van der Waals surface area contributed by atoms with Gasteiger partial charge in [-0.05, 0) is 59.4 Å². The number of nitrogens with zero attached hydrogens (tertiary/aromatic N) is 2. The van der Waals surface area contributed by atoms with Crippen LogP contribution >= 0.6 is 22.7 Å². The van der Waals surface area contributed by atoms with E-state index in [1.165, 1.54) is 16.9 Å². The van der Waals surface area contributed by atoms with Crippen LogP contribution in [0.15, 0.2) is 62.1 Å². The van der Waals surface area contributed by atoms with Crippen LogP contribution in [0.1, 0.15) is 56.3 Å². The van der Waals surface area contributed by atoms with Gasteiger partial charge < -0.3 is 4.74 Å². The van der Waals surface area contributed by atoms with E-state index < -0.39 is 12.0 Å². The van der Waals surface area contributed by atoms with Crippen LogP contribution < -0.4 is 14.9 Å². The summed E-state index contributed by atoms with van der Waals surface area (Å²) >= 11 is 2.93. The first-order chi connectivity index (χ1) is 14.9. The lowest BCUT2D eigenvalue weighted by Crippen LogP contribution is -2.39. The van der Waals surface area contributed by atoms with Gasteiger partial charge in [-0.25, -0.2) is 9.79 Å². The van der Waals surface area contributed by atoms with Gasteiger partial charge in [-0.3, -0.25) is 9.36 Å². The molecule has 0 amide bonds. The van der Waals surface area contributed by atoms with Crippen LogP contribution in [0.2, 0.25) is 0 Å². The van der Waals surface area contributed by atoms with Gasteiger partial charge in [-0.15, -0.1) is 0 Å². The molecular weight excluding hydrogens is 428 g/mol. The highest BCUT2D eigenvalue weighted by molar-refractivity contribution is 7.08. The Labute approximate surface area is 188 Å². The topological polar surface area (TPSA) is 60.7 Å². The average Bonchev–Trinajstić information content (AvgIpc) is 3.35. The van der Waals surface area contributed by atoms with Crippen molar-refractivity contribution in [3.05, 3.63) is 88.7 Å². The van der Waals surface area contributed by atoms with Crippen molar-refractivity contribution in [3.63, 3.8) is 0 Å². The number of hydrogen-bond acceptors (Lipinski definition) is 6. The van der Waals surface area contributed by atoms with Crippen molar-refractivity contribution in [1.29, 1.82) is 0 Å². The van der Waals surface area contributed by atoms with E-state index in [1.807, 2.05) is 35.0 Å². The monoisotopic (exact) mass is 452 g/mol. The van der Waals surface area contributed by atoms with Crippen LogP contribution in [0.5, 0.6) is 0 Å². The Kier molecular flexibility index (Phi) is 6.07. The summed E-state index contributed by atoms with van der Waals surface area (Å²) in [5.41, 5.74) is 3.89. The Bertz CT molecular complexity index is 1310. The predicted molar refractivity (Wildman–Crippen MR) is 125 cm³/mol. The van der Waals surface area contributed by atoms with E-state index in [1.54, 1.807) is 29.8 Å². The van der Waals surface area contributed by atoms with E-state index in [0.717, 1.165) is 11.1 Å². The molecule has 0 radical (unpaired) electrons. The maximum absolute atomic E-state index is 13.4. The Hall–Kier alpha value is -2.77. The lowest BCUT2D eigenvalue weighted by atomic mass is 9.93. The van der Waals surface area contributed by atoms with Crippen LogP contribution in [0.4, 0.5) is 0 Å². The highest BCUT2D eigenvalue weighted by Crippen LogP contribution is 2.31. The molecule has 0 bridgehead atoms. The van der Waals surface area contributed by atoms with E-state index in [2.05, 4.69) is 31.0 Å². The summed E-state index contributed by atoms with van der Waals surface area (Å²) in [6.07, 6.45) is 1.88. The van der Waals surface area contributed by atoms with Gasteiger partial charge in [0.25, 0.3) is 5.56 Å². The molecule has 5 nitrogen and oxygen atoms in total. The molecule has 0 aliphatic carbocycles. The maximum atomic E-state index is 13.4. The van der Waals surface area contributed by atoms with Crippen molar-refractivity contribution in [2.75, 3.05) is 6.61 Å². The zero-order chi connectivity index (χ0) is 22.1. The summed E-state index contributed by atoms with van der Waals surface area (Å²) in [6.45, 7) is 8.11. The third-order valence-electron chi connectivity index (χ3n) is 5.28. The van der Waals surface area contributed by atoms with E-state index in [4.69, 9.17) is 4.74 Å². The lowest BCUT2D eigenvalue weighted by Gasteiger charge is -2.25. The van der Waals surface area contributed by atoms with Gasteiger partial charge in [-0.1, -0.05) is 49.4 Å². The molecule has 3 aromatic rings. The molecule has 31 heavy (non-hydrogen) atoms.